The molecule has 0 spiro atoms. The van der Waals surface area contributed by atoms with E-state index in [2.05, 4.69) is 20.8 Å². The van der Waals surface area contributed by atoms with Gasteiger partial charge in [-0.05, 0) is 104 Å². The maximum Gasteiger partial charge on any atom is 0.306 e. The number of carbonyl (C=O) groups is 1. The monoisotopic (exact) mass is 434 g/mol. The molecule has 0 bridgehead atoms. The normalized spacial score (nSPS) is 48.9. The van der Waals surface area contributed by atoms with Gasteiger partial charge < -0.3 is 15.3 Å². The van der Waals surface area contributed by atoms with Gasteiger partial charge in [0.1, 0.15) is 0 Å². The Hall–Kier alpha value is -0.610. The maximum absolute atomic E-state index is 11.3. The Bertz CT molecular complexity index is 664. The minimum Gasteiger partial charge on any atom is -0.481 e. The second-order valence-electron chi connectivity index (χ2n) is 12.6. The molecule has 178 valence electrons. The Balaban J connectivity index is 1.46. The highest BCUT2D eigenvalue weighted by molar-refractivity contribution is 5.69. The molecular weight excluding hydrogens is 388 g/mol. The van der Waals surface area contributed by atoms with Gasteiger partial charge >= 0.3 is 5.97 Å². The minimum absolute atomic E-state index is 0.170. The van der Waals surface area contributed by atoms with E-state index in [1.807, 2.05) is 6.92 Å². The van der Waals surface area contributed by atoms with Crippen LogP contribution in [0, 0.1) is 52.3 Å². The van der Waals surface area contributed by atoms with Gasteiger partial charge in [-0.25, -0.2) is 0 Å². The van der Waals surface area contributed by atoms with Crippen LogP contribution in [-0.4, -0.2) is 33.5 Å². The predicted molar refractivity (Wildman–Crippen MR) is 122 cm³/mol. The van der Waals surface area contributed by atoms with Crippen molar-refractivity contribution < 1.29 is 20.1 Å². The second-order valence-corrected chi connectivity index (χ2v) is 12.6. The Morgan fingerprint density at radius 2 is 1.61 bits per heavy atom. The fourth-order valence-corrected chi connectivity index (χ4v) is 9.25. The molecule has 11 atom stereocenters. The van der Waals surface area contributed by atoms with Gasteiger partial charge in [0.2, 0.25) is 0 Å². The molecule has 31 heavy (non-hydrogen) atoms. The van der Waals surface area contributed by atoms with E-state index >= 15 is 0 Å². The molecule has 11 unspecified atom stereocenters. The van der Waals surface area contributed by atoms with Gasteiger partial charge in [0.15, 0.2) is 0 Å². The van der Waals surface area contributed by atoms with Crippen molar-refractivity contribution in [3.05, 3.63) is 0 Å². The zero-order valence-electron chi connectivity index (χ0n) is 20.2. The fraction of sp³-hybridized carbons (Fsp3) is 0.963. The molecule has 0 heterocycles. The van der Waals surface area contributed by atoms with Gasteiger partial charge in [0.05, 0.1) is 18.1 Å². The SMILES string of the molecule is CC(CCCC(C)C1CCC2C3C(O)CC4CC(O)CCC4(C)C3CCC12C)C(=O)O. The van der Waals surface area contributed by atoms with Crippen LogP contribution in [0.4, 0.5) is 0 Å². The first-order valence-corrected chi connectivity index (χ1v) is 13.2. The lowest BCUT2D eigenvalue weighted by Crippen LogP contribution is -2.58. The lowest BCUT2D eigenvalue weighted by molar-refractivity contribution is -0.174. The summed E-state index contributed by atoms with van der Waals surface area (Å²) in [6.07, 6.45) is 11.4. The average Bonchev–Trinajstić information content (AvgIpc) is 3.06. The van der Waals surface area contributed by atoms with Gasteiger partial charge in [0.25, 0.3) is 0 Å². The molecule has 0 saturated heterocycles. The quantitative estimate of drug-likeness (QED) is 0.515. The van der Waals surface area contributed by atoms with Gasteiger partial charge in [-0.15, -0.1) is 0 Å². The summed E-state index contributed by atoms with van der Waals surface area (Å²) in [5.74, 6) is 2.55. The summed E-state index contributed by atoms with van der Waals surface area (Å²) >= 11 is 0. The fourth-order valence-electron chi connectivity index (χ4n) is 9.25. The standard InChI is InChI=1S/C27H46O4/c1-16(6-5-7-17(2)25(30)31)20-8-9-21-24-22(11-13-27(20,21)4)26(3)12-10-19(28)14-18(26)15-23(24)29/h16-24,28-29H,5-15H2,1-4H3,(H,30,31). The number of aliphatic carboxylic acids is 1. The Labute approximate surface area is 189 Å². The summed E-state index contributed by atoms with van der Waals surface area (Å²) in [6.45, 7) is 9.22. The molecule has 0 aliphatic heterocycles. The molecule has 4 aliphatic rings. The average molecular weight is 435 g/mol. The van der Waals surface area contributed by atoms with E-state index in [0.29, 0.717) is 46.3 Å². The molecule has 4 nitrogen and oxygen atoms in total. The van der Waals surface area contributed by atoms with Crippen molar-refractivity contribution >= 4 is 5.97 Å². The molecule has 4 rings (SSSR count). The van der Waals surface area contributed by atoms with Crippen LogP contribution in [0.15, 0.2) is 0 Å². The van der Waals surface area contributed by atoms with Crippen molar-refractivity contribution in [2.45, 2.75) is 111 Å². The first-order chi connectivity index (χ1) is 14.6. The van der Waals surface area contributed by atoms with Crippen molar-refractivity contribution in [3.8, 4) is 0 Å². The number of rotatable bonds is 6. The van der Waals surface area contributed by atoms with Crippen LogP contribution in [0.5, 0.6) is 0 Å². The predicted octanol–water partition coefficient (Wildman–Crippen LogP) is 5.50. The largest absolute Gasteiger partial charge is 0.481 e. The molecule has 4 aliphatic carbocycles. The number of hydrogen-bond donors (Lipinski definition) is 3. The van der Waals surface area contributed by atoms with Crippen molar-refractivity contribution in [1.82, 2.24) is 0 Å². The molecule has 0 aromatic carbocycles. The lowest BCUT2D eigenvalue weighted by Gasteiger charge is -2.62. The Kier molecular flexibility index (Phi) is 6.55. The second kappa shape index (κ2) is 8.63. The lowest BCUT2D eigenvalue weighted by atomic mass is 9.43. The smallest absolute Gasteiger partial charge is 0.306 e. The molecular formula is C27H46O4. The molecule has 0 aromatic rings. The third-order valence-electron chi connectivity index (χ3n) is 11.1. The molecule has 0 amide bonds. The van der Waals surface area contributed by atoms with Crippen molar-refractivity contribution in [1.29, 1.82) is 0 Å². The molecule has 0 radical (unpaired) electrons. The highest BCUT2D eigenvalue weighted by atomic mass is 16.4. The van der Waals surface area contributed by atoms with E-state index in [9.17, 15) is 15.0 Å². The summed E-state index contributed by atoms with van der Waals surface area (Å²) in [5.41, 5.74) is 0.610. The van der Waals surface area contributed by atoms with E-state index in [4.69, 9.17) is 5.11 Å². The number of fused-ring (bicyclic) bond motifs is 5. The molecule has 3 N–H and O–H groups in total. The highest BCUT2D eigenvalue weighted by Gasteiger charge is 2.62. The van der Waals surface area contributed by atoms with E-state index < -0.39 is 5.97 Å². The number of aliphatic hydroxyl groups excluding tert-OH is 2. The van der Waals surface area contributed by atoms with Crippen LogP contribution in [0.25, 0.3) is 0 Å². The first kappa shape index (κ1) is 23.5. The van der Waals surface area contributed by atoms with Gasteiger partial charge in [-0.2, -0.15) is 0 Å². The molecule has 0 aromatic heterocycles. The first-order valence-electron chi connectivity index (χ1n) is 13.2. The van der Waals surface area contributed by atoms with E-state index in [0.717, 1.165) is 44.9 Å². The zero-order chi connectivity index (χ0) is 22.6. The van der Waals surface area contributed by atoms with Crippen LogP contribution >= 0.6 is 0 Å². The minimum atomic E-state index is -0.674. The van der Waals surface area contributed by atoms with E-state index in [1.54, 1.807) is 0 Å². The summed E-state index contributed by atoms with van der Waals surface area (Å²) in [4.78, 5) is 11.1. The van der Waals surface area contributed by atoms with Gasteiger partial charge in [-0.3, -0.25) is 4.79 Å². The number of carboxylic acid groups (broad SMARTS) is 1. The summed E-state index contributed by atoms with van der Waals surface area (Å²) in [7, 11) is 0. The van der Waals surface area contributed by atoms with Crippen molar-refractivity contribution in [3.63, 3.8) is 0 Å². The van der Waals surface area contributed by atoms with Crippen LogP contribution < -0.4 is 0 Å². The zero-order valence-corrected chi connectivity index (χ0v) is 20.2. The highest BCUT2D eigenvalue weighted by Crippen LogP contribution is 2.68. The third-order valence-corrected chi connectivity index (χ3v) is 11.1. The third kappa shape index (κ3) is 3.98. The Morgan fingerprint density at radius 1 is 0.935 bits per heavy atom. The van der Waals surface area contributed by atoms with Crippen LogP contribution in [0.1, 0.15) is 98.3 Å². The number of carboxylic acids is 1. The summed E-state index contributed by atoms with van der Waals surface area (Å²) in [5, 5.41) is 30.8. The van der Waals surface area contributed by atoms with Crippen LogP contribution in [-0.2, 0) is 4.79 Å². The topological polar surface area (TPSA) is 77.8 Å². The van der Waals surface area contributed by atoms with E-state index in [-0.39, 0.29) is 18.1 Å². The van der Waals surface area contributed by atoms with Crippen LogP contribution in [0.2, 0.25) is 0 Å². The Morgan fingerprint density at radius 3 is 2.32 bits per heavy atom. The van der Waals surface area contributed by atoms with Gasteiger partial charge in [0, 0.05) is 0 Å². The van der Waals surface area contributed by atoms with E-state index in [1.165, 1.54) is 25.7 Å². The number of hydrogen-bond acceptors (Lipinski definition) is 3. The summed E-state index contributed by atoms with van der Waals surface area (Å²) in [6, 6.07) is 0. The van der Waals surface area contributed by atoms with Crippen LogP contribution in [0.3, 0.4) is 0 Å². The molecule has 4 saturated carbocycles. The van der Waals surface area contributed by atoms with Crippen molar-refractivity contribution in [2.24, 2.45) is 52.3 Å². The maximum atomic E-state index is 11.3. The molecule has 4 heteroatoms. The van der Waals surface area contributed by atoms with Gasteiger partial charge in [-0.1, -0.05) is 40.5 Å². The molecule has 4 fully saturated rings. The number of aliphatic hydroxyl groups is 2. The summed E-state index contributed by atoms with van der Waals surface area (Å²) < 4.78 is 0. The van der Waals surface area contributed by atoms with Crippen molar-refractivity contribution in [2.75, 3.05) is 0 Å².